The first-order valence-electron chi connectivity index (χ1n) is 8.59. The van der Waals surface area contributed by atoms with Crippen LogP contribution in [0.1, 0.15) is 17.2 Å². The second-order valence-corrected chi connectivity index (χ2v) is 6.72. The summed E-state index contributed by atoms with van der Waals surface area (Å²) in [5, 5.41) is 6.37. The molecule has 0 fully saturated rings. The van der Waals surface area contributed by atoms with E-state index in [1.54, 1.807) is 0 Å². The minimum Gasteiger partial charge on any atom is -0.423 e. The summed E-state index contributed by atoms with van der Waals surface area (Å²) in [6.07, 6.45) is -2.45. The van der Waals surface area contributed by atoms with Gasteiger partial charge in [0.1, 0.15) is 6.10 Å². The normalized spacial score (nSPS) is 15.6. The van der Waals surface area contributed by atoms with Gasteiger partial charge in [0.2, 0.25) is 0 Å². The molecule has 1 N–H and O–H groups in total. The van der Waals surface area contributed by atoms with Gasteiger partial charge in [0.15, 0.2) is 64.0 Å². The maximum Gasteiger partial charge on any atom is 0.495 e. The molecule has 172 valence electrons. The highest BCUT2D eigenvalue weighted by Crippen LogP contribution is 2.46. The molecule has 0 radical (unpaired) electrons. The summed E-state index contributed by atoms with van der Waals surface area (Å²) in [6, 6.07) is 1.01. The average Bonchev–Trinajstić information content (AvgIpc) is 3.01. The summed E-state index contributed by atoms with van der Waals surface area (Å²) in [6.45, 7) is 0. The molecule has 0 spiro atoms. The van der Waals surface area contributed by atoms with E-state index in [0.29, 0.717) is 12.1 Å². The van der Waals surface area contributed by atoms with E-state index in [4.69, 9.17) is 0 Å². The molecule has 1 aliphatic carbocycles. The fourth-order valence-corrected chi connectivity index (χ4v) is 3.46. The molecule has 1 atom stereocenters. The summed E-state index contributed by atoms with van der Waals surface area (Å²) in [5.41, 5.74) is -3.91. The van der Waals surface area contributed by atoms with Gasteiger partial charge in [-0.05, 0) is 11.6 Å². The summed E-state index contributed by atoms with van der Waals surface area (Å²) in [4.78, 5) is 0. The molecule has 0 aromatic heterocycles. The highest BCUT2D eigenvalue weighted by atomic mass is 19.2. The molecule has 1 aliphatic rings. The van der Waals surface area contributed by atoms with Crippen molar-refractivity contribution in [2.75, 3.05) is 0 Å². The number of fused-ring (bicyclic) bond motifs is 2. The fraction of sp³-hybridized carbons (Fsp3) is 0.0526. The highest BCUT2D eigenvalue weighted by molar-refractivity contribution is 6.63. The van der Waals surface area contributed by atoms with Crippen molar-refractivity contribution >= 4 is 29.2 Å². The van der Waals surface area contributed by atoms with Crippen LogP contribution in [0.25, 0.3) is 16.6 Å². The van der Waals surface area contributed by atoms with Crippen molar-refractivity contribution in [2.24, 2.45) is 0 Å². The molecule has 1 unspecified atom stereocenters. The van der Waals surface area contributed by atoms with Crippen molar-refractivity contribution in [1.29, 1.82) is 0 Å². The molecule has 2 nitrogen and oxygen atoms in total. The molecule has 0 heterocycles. The van der Waals surface area contributed by atoms with Crippen LogP contribution in [-0.4, -0.2) is 12.1 Å². The van der Waals surface area contributed by atoms with Gasteiger partial charge in [0, 0.05) is 10.8 Å². The Morgan fingerprint density at radius 2 is 1.15 bits per heavy atom. The van der Waals surface area contributed by atoms with E-state index in [9.17, 15) is 53.3 Å². The van der Waals surface area contributed by atoms with Crippen molar-refractivity contribution in [3.05, 3.63) is 81.4 Å². The van der Waals surface area contributed by atoms with Crippen LogP contribution in [0, 0.1) is 52.4 Å². The Morgan fingerprint density at radius 3 is 1.73 bits per heavy atom. The van der Waals surface area contributed by atoms with E-state index >= 15 is 0 Å². The van der Waals surface area contributed by atoms with E-state index in [0.717, 1.165) is 0 Å². The van der Waals surface area contributed by atoms with Gasteiger partial charge >= 0.3 is 7.12 Å². The van der Waals surface area contributed by atoms with Crippen LogP contribution >= 0.6 is 0 Å². The third-order valence-corrected chi connectivity index (χ3v) is 4.96. The number of benzene rings is 3. The zero-order valence-electron chi connectivity index (χ0n) is 15.3. The van der Waals surface area contributed by atoms with Crippen molar-refractivity contribution in [3.8, 4) is 0 Å². The highest BCUT2D eigenvalue weighted by Gasteiger charge is 2.42. The maximum absolute atomic E-state index is 14.4. The van der Waals surface area contributed by atoms with E-state index < -0.39 is 105 Å². The van der Waals surface area contributed by atoms with Crippen LogP contribution in [0.15, 0.2) is 18.0 Å². The third-order valence-electron chi connectivity index (χ3n) is 4.96. The molecule has 3 aromatic rings. The Bertz CT molecular complexity index is 1380. The predicted molar refractivity (Wildman–Crippen MR) is 90.6 cm³/mol. The smallest absolute Gasteiger partial charge is 0.423 e. The van der Waals surface area contributed by atoms with Crippen LogP contribution in [-0.2, 0) is 4.65 Å². The standard InChI is InChI=1S/C19H4BF11O2/c21-4-2-1-3-5(9(4)22)10(23)18(31)19(3)33-20(32)8-6-7(12(25)15(28)14(8)27)13(26)17(30)16(29)11(6)24/h1-2,19,32H. The fourth-order valence-electron chi connectivity index (χ4n) is 3.46. The summed E-state index contributed by atoms with van der Waals surface area (Å²) >= 11 is 0. The molecule has 0 saturated heterocycles. The largest absolute Gasteiger partial charge is 0.495 e. The molecule has 4 rings (SSSR count). The predicted octanol–water partition coefficient (Wildman–Crippen LogP) is 5.16. The molecule has 0 amide bonds. The minimum absolute atomic E-state index is 0.406. The molecular formula is C19H4BF11O2. The van der Waals surface area contributed by atoms with Crippen molar-refractivity contribution in [2.45, 2.75) is 6.10 Å². The average molecular weight is 484 g/mol. The SMILES string of the molecule is OB(OC1C(F)=C(F)c2c1ccc(F)c2F)c1c(F)c(F)c(F)c2c(F)c(F)c(F)c(F)c12. The minimum atomic E-state index is -3.11. The summed E-state index contributed by atoms with van der Waals surface area (Å²) < 4.78 is 158. The number of rotatable bonds is 3. The molecule has 33 heavy (non-hydrogen) atoms. The Morgan fingerprint density at radius 1 is 0.636 bits per heavy atom. The second kappa shape index (κ2) is 7.73. The Kier molecular flexibility index (Phi) is 5.40. The van der Waals surface area contributed by atoms with Gasteiger partial charge < -0.3 is 9.68 Å². The molecular weight excluding hydrogens is 480 g/mol. The van der Waals surface area contributed by atoms with Crippen molar-refractivity contribution < 1.29 is 58.0 Å². The van der Waals surface area contributed by atoms with Crippen LogP contribution < -0.4 is 5.46 Å². The second-order valence-electron chi connectivity index (χ2n) is 6.72. The lowest BCUT2D eigenvalue weighted by molar-refractivity contribution is 0.185. The summed E-state index contributed by atoms with van der Waals surface area (Å²) in [7, 11) is -3.11. The first-order chi connectivity index (χ1) is 15.4. The maximum atomic E-state index is 14.4. The zero-order chi connectivity index (χ0) is 24.5. The van der Waals surface area contributed by atoms with Crippen LogP contribution in [0.4, 0.5) is 48.3 Å². The van der Waals surface area contributed by atoms with Crippen LogP contribution in [0.5, 0.6) is 0 Å². The third kappa shape index (κ3) is 3.11. The molecule has 14 heteroatoms. The lowest BCUT2D eigenvalue weighted by Gasteiger charge is -2.19. The van der Waals surface area contributed by atoms with Gasteiger partial charge in [0.25, 0.3) is 0 Å². The molecule has 0 aliphatic heterocycles. The number of halogens is 11. The number of hydrogen-bond donors (Lipinski definition) is 1. The Balaban J connectivity index is 1.93. The van der Waals surface area contributed by atoms with Crippen LogP contribution in [0.3, 0.4) is 0 Å². The van der Waals surface area contributed by atoms with Crippen molar-refractivity contribution in [1.82, 2.24) is 0 Å². The Labute approximate surface area is 175 Å². The van der Waals surface area contributed by atoms with E-state index in [-0.39, 0.29) is 0 Å². The topological polar surface area (TPSA) is 29.5 Å². The van der Waals surface area contributed by atoms with Crippen LogP contribution in [0.2, 0.25) is 0 Å². The van der Waals surface area contributed by atoms with E-state index in [1.165, 1.54) is 0 Å². The van der Waals surface area contributed by atoms with Gasteiger partial charge in [-0.2, -0.15) is 0 Å². The lowest BCUT2D eigenvalue weighted by atomic mass is 9.75. The van der Waals surface area contributed by atoms with Gasteiger partial charge in [-0.1, -0.05) is 6.07 Å². The Hall–Kier alpha value is -3.13. The van der Waals surface area contributed by atoms with Gasteiger partial charge in [-0.25, -0.2) is 48.3 Å². The monoisotopic (exact) mass is 484 g/mol. The zero-order valence-corrected chi connectivity index (χ0v) is 15.3. The van der Waals surface area contributed by atoms with E-state index in [1.807, 2.05) is 0 Å². The quantitative estimate of drug-likeness (QED) is 0.241. The van der Waals surface area contributed by atoms with Gasteiger partial charge in [-0.15, -0.1) is 0 Å². The van der Waals surface area contributed by atoms with E-state index in [2.05, 4.69) is 4.65 Å². The molecule has 0 saturated carbocycles. The lowest BCUT2D eigenvalue weighted by Crippen LogP contribution is -2.39. The van der Waals surface area contributed by atoms with Gasteiger partial charge in [-0.3, -0.25) is 0 Å². The van der Waals surface area contributed by atoms with Crippen molar-refractivity contribution in [3.63, 3.8) is 0 Å². The first kappa shape index (κ1) is 23.0. The summed E-state index contributed by atoms with van der Waals surface area (Å²) in [5.74, 6) is -25.1. The number of hydrogen-bond acceptors (Lipinski definition) is 2. The molecule has 3 aromatic carbocycles. The van der Waals surface area contributed by atoms with Gasteiger partial charge in [0.05, 0.1) is 10.9 Å². The first-order valence-corrected chi connectivity index (χ1v) is 8.59. The molecule has 0 bridgehead atoms.